The van der Waals surface area contributed by atoms with Crippen LogP contribution < -0.4 is 16.4 Å². The van der Waals surface area contributed by atoms with Gasteiger partial charge in [-0.1, -0.05) is 0 Å². The summed E-state index contributed by atoms with van der Waals surface area (Å²) in [5, 5.41) is 11.1. The number of benzene rings is 1. The SMILES string of the molecule is Cc1nn(-c2ccc(C(N)=O)c(NC3CCN(S(=O)(=O)N4CCN(C)CC4)CC3)c2)c2c1C(=O)NC(C)(C)C2. The number of nitrogens with one attached hydrogen (secondary N) is 2. The number of nitrogens with two attached hydrogens (primary N) is 1. The van der Waals surface area contributed by atoms with Crippen LogP contribution in [-0.4, -0.2) is 101 Å². The zero-order chi connectivity index (χ0) is 28.1. The third kappa shape index (κ3) is 5.40. The highest BCUT2D eigenvalue weighted by molar-refractivity contribution is 7.86. The lowest BCUT2D eigenvalue weighted by atomic mass is 9.90. The van der Waals surface area contributed by atoms with E-state index in [1.165, 1.54) is 0 Å². The summed E-state index contributed by atoms with van der Waals surface area (Å²) in [5.41, 5.74) is 8.96. The second kappa shape index (κ2) is 10.2. The number of fused-ring (bicyclic) bond motifs is 1. The van der Waals surface area contributed by atoms with Crippen molar-refractivity contribution in [2.24, 2.45) is 5.73 Å². The number of aryl methyl sites for hydroxylation is 1. The Kier molecular flexibility index (Phi) is 7.20. The standard InChI is InChI=1S/C26H38N8O4S/c1-17-23-22(16-26(2,3)29-25(23)36)34(30-17)19-5-6-20(24(27)35)21(15-19)28-18-7-9-32(10-8-18)39(37,38)33-13-11-31(4)12-14-33/h5-6,15,18,28H,7-14,16H2,1-4H3,(H2,27,35)(H,29,36). The summed E-state index contributed by atoms with van der Waals surface area (Å²) in [6, 6.07) is 5.25. The molecule has 1 aromatic heterocycles. The number of piperidine rings is 1. The van der Waals surface area contributed by atoms with Gasteiger partial charge in [0.05, 0.1) is 28.2 Å². The summed E-state index contributed by atoms with van der Waals surface area (Å²) in [5.74, 6) is -0.700. The van der Waals surface area contributed by atoms with Gasteiger partial charge in [-0.05, 0) is 58.9 Å². The lowest BCUT2D eigenvalue weighted by Crippen LogP contribution is -2.54. The van der Waals surface area contributed by atoms with Crippen molar-refractivity contribution >= 4 is 27.7 Å². The number of primary amides is 1. The Balaban J connectivity index is 1.35. The molecule has 0 aliphatic carbocycles. The smallest absolute Gasteiger partial charge is 0.282 e. The van der Waals surface area contributed by atoms with Gasteiger partial charge in [-0.15, -0.1) is 0 Å². The van der Waals surface area contributed by atoms with Crippen LogP contribution in [0, 0.1) is 6.92 Å². The number of likely N-dealkylation sites (N-methyl/N-ethyl adjacent to an activating group) is 1. The first-order valence-corrected chi connectivity index (χ1v) is 14.8. The molecule has 2 saturated heterocycles. The van der Waals surface area contributed by atoms with Crippen LogP contribution in [0.5, 0.6) is 0 Å². The van der Waals surface area contributed by atoms with Gasteiger partial charge >= 0.3 is 0 Å². The van der Waals surface area contributed by atoms with Crippen LogP contribution in [-0.2, 0) is 16.6 Å². The van der Waals surface area contributed by atoms with E-state index >= 15 is 0 Å². The molecule has 0 saturated carbocycles. The van der Waals surface area contributed by atoms with E-state index in [0.29, 0.717) is 73.6 Å². The van der Waals surface area contributed by atoms with Crippen LogP contribution in [0.15, 0.2) is 18.2 Å². The van der Waals surface area contributed by atoms with Gasteiger partial charge in [0, 0.05) is 63.0 Å². The molecule has 2 amide bonds. The number of carbonyl (C=O) groups excluding carboxylic acids is 2. The first kappa shape index (κ1) is 27.6. The first-order valence-electron chi connectivity index (χ1n) is 13.4. The van der Waals surface area contributed by atoms with Crippen LogP contribution in [0.2, 0.25) is 0 Å². The van der Waals surface area contributed by atoms with Crippen LogP contribution in [0.4, 0.5) is 5.69 Å². The number of carbonyl (C=O) groups is 2. The Morgan fingerprint density at radius 3 is 2.38 bits per heavy atom. The topological polar surface area (TPSA) is 146 Å². The maximum Gasteiger partial charge on any atom is 0.282 e. The molecule has 4 heterocycles. The maximum absolute atomic E-state index is 13.2. The van der Waals surface area contributed by atoms with E-state index in [1.807, 2.05) is 33.9 Å². The van der Waals surface area contributed by atoms with Crippen molar-refractivity contribution < 1.29 is 18.0 Å². The van der Waals surface area contributed by atoms with E-state index in [4.69, 9.17) is 5.73 Å². The number of rotatable bonds is 6. The number of aromatic nitrogens is 2. The van der Waals surface area contributed by atoms with Crippen molar-refractivity contribution in [2.75, 3.05) is 51.6 Å². The molecule has 0 radical (unpaired) electrons. The van der Waals surface area contributed by atoms with Gasteiger partial charge in [0.2, 0.25) is 0 Å². The zero-order valence-corrected chi connectivity index (χ0v) is 23.8. The summed E-state index contributed by atoms with van der Waals surface area (Å²) in [7, 11) is -1.50. The molecule has 0 spiro atoms. The highest BCUT2D eigenvalue weighted by Crippen LogP contribution is 2.30. The van der Waals surface area contributed by atoms with Gasteiger partial charge in [-0.25, -0.2) is 4.68 Å². The van der Waals surface area contributed by atoms with Crippen molar-refractivity contribution in [3.8, 4) is 5.69 Å². The Hall–Kier alpha value is -3.00. The third-order valence-electron chi connectivity index (χ3n) is 7.89. The molecule has 2 aromatic rings. The van der Waals surface area contributed by atoms with Gasteiger partial charge in [0.25, 0.3) is 22.0 Å². The van der Waals surface area contributed by atoms with Gasteiger partial charge < -0.3 is 21.3 Å². The molecule has 212 valence electrons. The van der Waals surface area contributed by atoms with Gasteiger partial charge in [0.1, 0.15) is 0 Å². The molecular weight excluding hydrogens is 520 g/mol. The number of hydrogen-bond acceptors (Lipinski definition) is 7. The minimum atomic E-state index is -3.50. The second-order valence-electron chi connectivity index (χ2n) is 11.5. The van der Waals surface area contributed by atoms with Gasteiger partial charge in [0.15, 0.2) is 0 Å². The van der Waals surface area contributed by atoms with E-state index in [-0.39, 0.29) is 11.9 Å². The first-order chi connectivity index (χ1) is 18.4. The van der Waals surface area contributed by atoms with Gasteiger partial charge in [-0.3, -0.25) is 9.59 Å². The van der Waals surface area contributed by atoms with E-state index in [0.717, 1.165) is 18.8 Å². The van der Waals surface area contributed by atoms with Crippen molar-refractivity contribution in [3.05, 3.63) is 40.7 Å². The third-order valence-corrected chi connectivity index (χ3v) is 9.92. The van der Waals surface area contributed by atoms with Crippen LogP contribution >= 0.6 is 0 Å². The Labute approximate surface area is 229 Å². The van der Waals surface area contributed by atoms with Gasteiger partial charge in [-0.2, -0.15) is 22.1 Å². The molecule has 4 N–H and O–H groups in total. The van der Waals surface area contributed by atoms with E-state index < -0.39 is 21.7 Å². The normalized spacial score (nSPS) is 21.4. The molecule has 3 aliphatic heterocycles. The summed E-state index contributed by atoms with van der Waals surface area (Å²) >= 11 is 0. The average Bonchev–Trinajstić information content (AvgIpc) is 3.19. The van der Waals surface area contributed by atoms with Crippen molar-refractivity contribution in [1.29, 1.82) is 0 Å². The average molecular weight is 559 g/mol. The predicted octanol–water partition coefficient (Wildman–Crippen LogP) is 0.713. The molecule has 0 atom stereocenters. The van der Waals surface area contributed by atoms with Crippen LogP contribution in [0.3, 0.4) is 0 Å². The van der Waals surface area contributed by atoms with E-state index in [2.05, 4.69) is 20.6 Å². The van der Waals surface area contributed by atoms with Crippen molar-refractivity contribution in [2.45, 2.75) is 51.6 Å². The summed E-state index contributed by atoms with van der Waals surface area (Å²) < 4.78 is 31.2. The molecule has 5 rings (SSSR count). The molecule has 1 aromatic carbocycles. The molecule has 13 heteroatoms. The van der Waals surface area contributed by atoms with Crippen LogP contribution in [0.1, 0.15) is 58.8 Å². The summed E-state index contributed by atoms with van der Waals surface area (Å²) in [6.07, 6.45) is 1.80. The molecule has 0 bridgehead atoms. The maximum atomic E-state index is 13.2. The fraction of sp³-hybridized carbons (Fsp3) is 0.577. The lowest BCUT2D eigenvalue weighted by Gasteiger charge is -2.38. The molecule has 2 fully saturated rings. The number of hydrogen-bond donors (Lipinski definition) is 3. The second-order valence-corrected chi connectivity index (χ2v) is 13.4. The number of anilines is 1. The quantitative estimate of drug-likeness (QED) is 0.473. The summed E-state index contributed by atoms with van der Waals surface area (Å²) in [6.45, 7) is 9.01. The largest absolute Gasteiger partial charge is 0.382 e. The Morgan fingerprint density at radius 1 is 1.10 bits per heavy atom. The van der Waals surface area contributed by atoms with Crippen molar-refractivity contribution in [1.82, 2.24) is 28.6 Å². The highest BCUT2D eigenvalue weighted by Gasteiger charge is 2.36. The predicted molar refractivity (Wildman–Crippen MR) is 148 cm³/mol. The molecule has 39 heavy (non-hydrogen) atoms. The fourth-order valence-electron chi connectivity index (χ4n) is 5.71. The fourth-order valence-corrected chi connectivity index (χ4v) is 7.33. The zero-order valence-electron chi connectivity index (χ0n) is 23.0. The van der Waals surface area contributed by atoms with E-state index in [9.17, 15) is 18.0 Å². The minimum absolute atomic E-state index is 0.0322. The number of piperazine rings is 1. The van der Waals surface area contributed by atoms with Crippen molar-refractivity contribution in [3.63, 3.8) is 0 Å². The minimum Gasteiger partial charge on any atom is -0.382 e. The molecule has 3 aliphatic rings. The Bertz CT molecular complexity index is 1390. The summed E-state index contributed by atoms with van der Waals surface area (Å²) in [4.78, 5) is 27.2. The molecular formula is C26H38N8O4S. The highest BCUT2D eigenvalue weighted by atomic mass is 32.2. The lowest BCUT2D eigenvalue weighted by molar-refractivity contribution is 0.0894. The number of amides is 2. The van der Waals surface area contributed by atoms with E-state index in [1.54, 1.807) is 25.4 Å². The monoisotopic (exact) mass is 558 g/mol. The Morgan fingerprint density at radius 2 is 1.74 bits per heavy atom. The molecule has 12 nitrogen and oxygen atoms in total. The van der Waals surface area contributed by atoms with Crippen LogP contribution in [0.25, 0.3) is 5.69 Å². The molecule has 0 unspecified atom stereocenters. The number of nitrogens with zero attached hydrogens (tertiary/aromatic N) is 5.